The Morgan fingerprint density at radius 2 is 1.82 bits per heavy atom. The first-order chi connectivity index (χ1) is 10.4. The van der Waals surface area contributed by atoms with Gasteiger partial charge in [0, 0.05) is 6.54 Å². The van der Waals surface area contributed by atoms with Crippen LogP contribution in [0.1, 0.15) is 24.9 Å². The Bertz CT molecular complexity index is 486. The highest BCUT2D eigenvalue weighted by Gasteiger charge is 2.16. The molecule has 6 nitrogen and oxygen atoms in total. The molecule has 1 unspecified atom stereocenters. The minimum Gasteiger partial charge on any atom is -0.497 e. The van der Waals surface area contributed by atoms with Gasteiger partial charge in [-0.05, 0) is 51.7 Å². The highest BCUT2D eigenvalue weighted by molar-refractivity contribution is 6.35. The van der Waals surface area contributed by atoms with Crippen molar-refractivity contribution in [2.45, 2.75) is 19.4 Å². The zero-order valence-electron chi connectivity index (χ0n) is 13.7. The van der Waals surface area contributed by atoms with E-state index in [1.807, 2.05) is 50.2 Å². The molecule has 1 rings (SSSR count). The lowest BCUT2D eigenvalue weighted by Crippen LogP contribution is -2.41. The number of carbonyl (C=O) groups is 2. The maximum atomic E-state index is 11.8. The molecule has 0 fully saturated rings. The molecule has 1 aromatic rings. The summed E-state index contributed by atoms with van der Waals surface area (Å²) >= 11 is 0. The molecule has 1 aromatic carbocycles. The third kappa shape index (κ3) is 6.13. The van der Waals surface area contributed by atoms with Gasteiger partial charge < -0.3 is 20.3 Å². The Labute approximate surface area is 131 Å². The molecule has 0 aliphatic rings. The SMILES string of the molecule is COc1ccc(C(C)NC(=O)C(=O)NCCCN(C)C)cc1. The number of methoxy groups -OCH3 is 1. The Hall–Kier alpha value is -2.08. The number of rotatable bonds is 7. The molecule has 22 heavy (non-hydrogen) atoms. The molecule has 6 heteroatoms. The molecule has 2 N–H and O–H groups in total. The van der Waals surface area contributed by atoms with E-state index in [0.717, 1.165) is 24.3 Å². The topological polar surface area (TPSA) is 70.7 Å². The number of amides is 2. The highest BCUT2D eigenvalue weighted by atomic mass is 16.5. The van der Waals surface area contributed by atoms with Crippen LogP contribution in [-0.4, -0.2) is 51.0 Å². The van der Waals surface area contributed by atoms with E-state index < -0.39 is 11.8 Å². The van der Waals surface area contributed by atoms with Gasteiger partial charge in [-0.15, -0.1) is 0 Å². The molecular weight excluding hydrogens is 282 g/mol. The van der Waals surface area contributed by atoms with Crippen molar-refractivity contribution in [3.63, 3.8) is 0 Å². The van der Waals surface area contributed by atoms with Crippen molar-refractivity contribution >= 4 is 11.8 Å². The summed E-state index contributed by atoms with van der Waals surface area (Å²) in [6.07, 6.45) is 0.806. The molecule has 0 saturated carbocycles. The lowest BCUT2D eigenvalue weighted by atomic mass is 10.1. The highest BCUT2D eigenvalue weighted by Crippen LogP contribution is 2.16. The second-order valence-electron chi connectivity index (χ2n) is 5.38. The number of nitrogens with one attached hydrogen (secondary N) is 2. The summed E-state index contributed by atoms with van der Waals surface area (Å²) < 4.78 is 5.09. The van der Waals surface area contributed by atoms with Crippen LogP contribution in [0.4, 0.5) is 0 Å². The van der Waals surface area contributed by atoms with Gasteiger partial charge in [0.15, 0.2) is 0 Å². The monoisotopic (exact) mass is 307 g/mol. The van der Waals surface area contributed by atoms with Gasteiger partial charge in [-0.1, -0.05) is 12.1 Å². The van der Waals surface area contributed by atoms with Gasteiger partial charge in [0.1, 0.15) is 5.75 Å². The molecule has 0 spiro atoms. The summed E-state index contributed by atoms with van der Waals surface area (Å²) in [5.74, 6) is -0.465. The fraction of sp³-hybridized carbons (Fsp3) is 0.500. The number of benzene rings is 1. The lowest BCUT2D eigenvalue weighted by Gasteiger charge is -2.15. The van der Waals surface area contributed by atoms with Gasteiger partial charge in [-0.2, -0.15) is 0 Å². The zero-order chi connectivity index (χ0) is 16.5. The van der Waals surface area contributed by atoms with E-state index in [1.54, 1.807) is 7.11 Å². The summed E-state index contributed by atoms with van der Waals surface area (Å²) in [6.45, 7) is 3.19. The Morgan fingerprint density at radius 3 is 2.36 bits per heavy atom. The predicted octanol–water partition coefficient (Wildman–Crippen LogP) is 0.940. The van der Waals surface area contributed by atoms with E-state index in [0.29, 0.717) is 6.54 Å². The first kappa shape index (κ1) is 18.0. The van der Waals surface area contributed by atoms with Crippen molar-refractivity contribution in [3.8, 4) is 5.75 Å². The van der Waals surface area contributed by atoms with Crippen LogP contribution < -0.4 is 15.4 Å². The fourth-order valence-corrected chi connectivity index (χ4v) is 1.92. The van der Waals surface area contributed by atoms with E-state index in [2.05, 4.69) is 10.6 Å². The molecule has 0 bridgehead atoms. The number of ether oxygens (including phenoxy) is 1. The van der Waals surface area contributed by atoms with Crippen LogP contribution in [0.5, 0.6) is 5.75 Å². The molecular formula is C16H25N3O3. The van der Waals surface area contributed by atoms with Gasteiger partial charge >= 0.3 is 11.8 Å². The molecule has 0 saturated heterocycles. The van der Waals surface area contributed by atoms with E-state index in [-0.39, 0.29) is 6.04 Å². The number of carbonyl (C=O) groups excluding carboxylic acids is 2. The van der Waals surface area contributed by atoms with Crippen LogP contribution in [0.2, 0.25) is 0 Å². The quantitative estimate of drug-likeness (QED) is 0.581. The van der Waals surface area contributed by atoms with Crippen LogP contribution >= 0.6 is 0 Å². The number of hydrogen-bond acceptors (Lipinski definition) is 4. The summed E-state index contributed by atoms with van der Waals surface area (Å²) in [4.78, 5) is 25.5. The summed E-state index contributed by atoms with van der Waals surface area (Å²) in [5.41, 5.74) is 0.912. The van der Waals surface area contributed by atoms with Crippen LogP contribution in [0.3, 0.4) is 0 Å². The fourth-order valence-electron chi connectivity index (χ4n) is 1.92. The van der Waals surface area contributed by atoms with Gasteiger partial charge in [0.05, 0.1) is 13.2 Å². The predicted molar refractivity (Wildman–Crippen MR) is 85.7 cm³/mol. The Balaban J connectivity index is 2.40. The van der Waals surface area contributed by atoms with E-state index in [1.165, 1.54) is 0 Å². The van der Waals surface area contributed by atoms with Crippen molar-refractivity contribution in [2.24, 2.45) is 0 Å². The molecule has 0 radical (unpaired) electrons. The second kappa shape index (κ2) is 9.04. The summed E-state index contributed by atoms with van der Waals surface area (Å²) in [6, 6.07) is 7.11. The maximum absolute atomic E-state index is 11.8. The minimum atomic E-state index is -0.617. The Morgan fingerprint density at radius 1 is 1.18 bits per heavy atom. The average Bonchev–Trinajstić information content (AvgIpc) is 2.51. The standard InChI is InChI=1S/C16H25N3O3/c1-12(13-6-8-14(22-4)9-7-13)18-16(21)15(20)17-10-5-11-19(2)3/h6-9,12H,5,10-11H2,1-4H3,(H,17,20)(H,18,21). The molecule has 0 heterocycles. The van der Waals surface area contributed by atoms with Gasteiger partial charge in [0.2, 0.25) is 0 Å². The first-order valence-electron chi connectivity index (χ1n) is 7.31. The number of hydrogen-bond donors (Lipinski definition) is 2. The van der Waals surface area contributed by atoms with Gasteiger partial charge in [-0.3, -0.25) is 9.59 Å². The maximum Gasteiger partial charge on any atom is 0.309 e. The average molecular weight is 307 g/mol. The normalized spacial score (nSPS) is 11.9. The van der Waals surface area contributed by atoms with Crippen molar-refractivity contribution < 1.29 is 14.3 Å². The lowest BCUT2D eigenvalue weighted by molar-refractivity contribution is -0.139. The summed E-state index contributed by atoms with van der Waals surface area (Å²) in [5, 5.41) is 5.30. The van der Waals surface area contributed by atoms with Crippen LogP contribution in [0.15, 0.2) is 24.3 Å². The van der Waals surface area contributed by atoms with Crippen molar-refractivity contribution in [1.29, 1.82) is 0 Å². The molecule has 0 aliphatic heterocycles. The molecule has 122 valence electrons. The van der Waals surface area contributed by atoms with Crippen molar-refractivity contribution in [3.05, 3.63) is 29.8 Å². The molecule has 1 atom stereocenters. The van der Waals surface area contributed by atoms with Crippen LogP contribution in [0, 0.1) is 0 Å². The van der Waals surface area contributed by atoms with E-state index in [9.17, 15) is 9.59 Å². The molecule has 0 aromatic heterocycles. The van der Waals surface area contributed by atoms with Crippen molar-refractivity contribution in [2.75, 3.05) is 34.3 Å². The molecule has 2 amide bonds. The third-order valence-electron chi connectivity index (χ3n) is 3.24. The third-order valence-corrected chi connectivity index (χ3v) is 3.24. The van der Waals surface area contributed by atoms with Gasteiger partial charge in [0.25, 0.3) is 0 Å². The smallest absolute Gasteiger partial charge is 0.309 e. The summed E-state index contributed by atoms with van der Waals surface area (Å²) in [7, 11) is 5.52. The van der Waals surface area contributed by atoms with E-state index in [4.69, 9.17) is 4.74 Å². The van der Waals surface area contributed by atoms with Crippen molar-refractivity contribution in [1.82, 2.24) is 15.5 Å². The Kier molecular flexibility index (Phi) is 7.39. The largest absolute Gasteiger partial charge is 0.497 e. The van der Waals surface area contributed by atoms with Crippen LogP contribution in [-0.2, 0) is 9.59 Å². The minimum absolute atomic E-state index is 0.245. The van der Waals surface area contributed by atoms with Gasteiger partial charge in [-0.25, -0.2) is 0 Å². The number of nitrogens with zero attached hydrogens (tertiary/aromatic N) is 1. The van der Waals surface area contributed by atoms with E-state index >= 15 is 0 Å². The second-order valence-corrected chi connectivity index (χ2v) is 5.38. The van der Waals surface area contributed by atoms with Crippen LogP contribution in [0.25, 0.3) is 0 Å². The first-order valence-corrected chi connectivity index (χ1v) is 7.31. The molecule has 0 aliphatic carbocycles. The zero-order valence-corrected chi connectivity index (χ0v) is 13.7.